The van der Waals surface area contributed by atoms with Gasteiger partial charge in [0, 0.05) is 40.9 Å². The first-order chi connectivity index (χ1) is 15.4. The molecule has 0 saturated heterocycles. The predicted octanol–water partition coefficient (Wildman–Crippen LogP) is 4.30. The van der Waals surface area contributed by atoms with E-state index in [0.29, 0.717) is 52.8 Å². The van der Waals surface area contributed by atoms with E-state index in [-0.39, 0.29) is 18.3 Å². The third-order valence-electron chi connectivity index (χ3n) is 5.93. The maximum Gasteiger partial charge on any atom is 0.254 e. The number of hydrogen-bond donors (Lipinski definition) is 2. The Morgan fingerprint density at radius 3 is 2.72 bits per heavy atom. The molecule has 2 heterocycles. The van der Waals surface area contributed by atoms with Gasteiger partial charge in [-0.1, -0.05) is 6.07 Å². The number of rotatable bonds is 3. The molecule has 2 aliphatic heterocycles. The zero-order valence-electron chi connectivity index (χ0n) is 17.3. The maximum absolute atomic E-state index is 14.2. The SMILES string of the molecule is CC1=C(C(=O)Nc2ccc(F)cc2F)[C@@H](c2ccc3c(c2)OCO3)C2=C(CCCC2=O)N1. The van der Waals surface area contributed by atoms with Crippen molar-refractivity contribution < 1.29 is 27.8 Å². The van der Waals surface area contributed by atoms with Crippen molar-refractivity contribution in [2.75, 3.05) is 12.1 Å². The second-order valence-electron chi connectivity index (χ2n) is 7.96. The molecule has 0 radical (unpaired) electrons. The smallest absolute Gasteiger partial charge is 0.254 e. The Morgan fingerprint density at radius 1 is 1.09 bits per heavy atom. The molecule has 5 rings (SSSR count). The van der Waals surface area contributed by atoms with Gasteiger partial charge in [0.1, 0.15) is 11.6 Å². The molecular weight excluding hydrogens is 418 g/mol. The van der Waals surface area contributed by atoms with Crippen molar-refractivity contribution in [3.05, 3.63) is 76.1 Å². The van der Waals surface area contributed by atoms with E-state index in [2.05, 4.69) is 10.6 Å². The second kappa shape index (κ2) is 7.78. The molecule has 1 atom stereocenters. The minimum Gasteiger partial charge on any atom is -0.454 e. The van der Waals surface area contributed by atoms with Gasteiger partial charge in [0.25, 0.3) is 5.91 Å². The molecule has 3 aliphatic rings. The number of amides is 1. The standard InChI is InChI=1S/C24H20F2N2O4/c1-12-21(24(30)28-16-7-6-14(25)10-15(16)26)22(23-17(27-12)3-2-4-18(23)29)13-5-8-19-20(9-13)32-11-31-19/h5-10,22,27H,2-4,11H2,1H3,(H,28,30)/t22-/m1/s1. The molecule has 0 unspecified atom stereocenters. The van der Waals surface area contributed by atoms with Crippen molar-refractivity contribution in [3.63, 3.8) is 0 Å². The summed E-state index contributed by atoms with van der Waals surface area (Å²) in [6.45, 7) is 1.85. The minimum atomic E-state index is -0.881. The number of dihydropyridines is 1. The third kappa shape index (κ3) is 3.41. The number of carbonyl (C=O) groups excluding carboxylic acids is 2. The lowest BCUT2D eigenvalue weighted by Crippen LogP contribution is -2.35. The van der Waals surface area contributed by atoms with Crippen molar-refractivity contribution in [3.8, 4) is 11.5 Å². The lowest BCUT2D eigenvalue weighted by molar-refractivity contribution is -0.116. The number of nitrogens with one attached hydrogen (secondary N) is 2. The van der Waals surface area contributed by atoms with E-state index in [4.69, 9.17) is 9.47 Å². The average Bonchev–Trinajstić information content (AvgIpc) is 3.22. The molecular formula is C24H20F2N2O4. The number of fused-ring (bicyclic) bond motifs is 1. The van der Waals surface area contributed by atoms with Gasteiger partial charge in [0.05, 0.1) is 5.69 Å². The van der Waals surface area contributed by atoms with Gasteiger partial charge in [-0.2, -0.15) is 0 Å². The number of Topliss-reactive ketones (excluding diaryl/α,β-unsaturated/α-hetero) is 1. The number of anilines is 1. The molecule has 164 valence electrons. The third-order valence-corrected chi connectivity index (χ3v) is 5.93. The molecule has 0 fully saturated rings. The largest absolute Gasteiger partial charge is 0.454 e. The van der Waals surface area contributed by atoms with Gasteiger partial charge in [-0.15, -0.1) is 0 Å². The minimum absolute atomic E-state index is 0.0350. The van der Waals surface area contributed by atoms with Crippen LogP contribution in [0.3, 0.4) is 0 Å². The quantitative estimate of drug-likeness (QED) is 0.747. The van der Waals surface area contributed by atoms with Crippen LogP contribution in [0.5, 0.6) is 11.5 Å². The lowest BCUT2D eigenvalue weighted by Gasteiger charge is -2.34. The highest BCUT2D eigenvalue weighted by atomic mass is 19.1. The van der Waals surface area contributed by atoms with Crippen molar-refractivity contribution in [2.45, 2.75) is 32.1 Å². The normalized spacial score (nSPS) is 19.6. The number of hydrogen-bond acceptors (Lipinski definition) is 5. The van der Waals surface area contributed by atoms with Crippen LogP contribution in [0, 0.1) is 11.6 Å². The van der Waals surface area contributed by atoms with Crippen molar-refractivity contribution in [2.24, 2.45) is 0 Å². The molecule has 2 aromatic carbocycles. The first-order valence-corrected chi connectivity index (χ1v) is 10.3. The van der Waals surface area contributed by atoms with Gasteiger partial charge in [0.2, 0.25) is 6.79 Å². The fraction of sp³-hybridized carbons (Fsp3) is 0.250. The number of benzene rings is 2. The summed E-state index contributed by atoms with van der Waals surface area (Å²) in [7, 11) is 0. The summed E-state index contributed by atoms with van der Waals surface area (Å²) in [5.74, 6) is -1.76. The Hall–Kier alpha value is -3.68. The highest BCUT2D eigenvalue weighted by molar-refractivity contribution is 6.09. The molecule has 0 bridgehead atoms. The number of allylic oxidation sites excluding steroid dienone is 3. The van der Waals surface area contributed by atoms with Gasteiger partial charge >= 0.3 is 0 Å². The van der Waals surface area contributed by atoms with Crippen LogP contribution in [0.25, 0.3) is 0 Å². The van der Waals surface area contributed by atoms with Crippen LogP contribution >= 0.6 is 0 Å². The summed E-state index contributed by atoms with van der Waals surface area (Å²) >= 11 is 0. The summed E-state index contributed by atoms with van der Waals surface area (Å²) in [6, 6.07) is 8.26. The van der Waals surface area contributed by atoms with Crippen LogP contribution in [-0.2, 0) is 9.59 Å². The summed E-state index contributed by atoms with van der Waals surface area (Å²) in [4.78, 5) is 26.3. The molecule has 2 N–H and O–H groups in total. The number of halogens is 2. The van der Waals surface area contributed by atoms with Crippen molar-refractivity contribution in [1.29, 1.82) is 0 Å². The van der Waals surface area contributed by atoms with Crippen molar-refractivity contribution in [1.82, 2.24) is 5.32 Å². The number of ketones is 1. The van der Waals surface area contributed by atoms with E-state index in [9.17, 15) is 18.4 Å². The van der Waals surface area contributed by atoms with Gasteiger partial charge in [-0.3, -0.25) is 9.59 Å². The molecule has 0 aromatic heterocycles. The Kier molecular flexibility index (Phi) is 4.92. The first kappa shape index (κ1) is 20.2. The first-order valence-electron chi connectivity index (χ1n) is 10.3. The molecule has 0 spiro atoms. The zero-order valence-corrected chi connectivity index (χ0v) is 17.3. The maximum atomic E-state index is 14.2. The van der Waals surface area contributed by atoms with Crippen LogP contribution in [0.4, 0.5) is 14.5 Å². The van der Waals surface area contributed by atoms with E-state index in [1.807, 2.05) is 0 Å². The Bertz CT molecular complexity index is 1220. The van der Waals surface area contributed by atoms with E-state index in [0.717, 1.165) is 18.2 Å². The van der Waals surface area contributed by atoms with Crippen LogP contribution < -0.4 is 20.1 Å². The van der Waals surface area contributed by atoms with Crippen LogP contribution in [0.15, 0.2) is 58.9 Å². The van der Waals surface area contributed by atoms with Gasteiger partial charge in [-0.05, 0) is 49.6 Å². The Morgan fingerprint density at radius 2 is 1.91 bits per heavy atom. The van der Waals surface area contributed by atoms with E-state index < -0.39 is 23.5 Å². The lowest BCUT2D eigenvalue weighted by atomic mass is 9.75. The zero-order chi connectivity index (χ0) is 22.4. The van der Waals surface area contributed by atoms with Crippen LogP contribution in [0.2, 0.25) is 0 Å². The highest BCUT2D eigenvalue weighted by Gasteiger charge is 2.39. The van der Waals surface area contributed by atoms with E-state index in [1.165, 1.54) is 6.07 Å². The molecule has 32 heavy (non-hydrogen) atoms. The summed E-state index contributed by atoms with van der Waals surface area (Å²) in [6.07, 6.45) is 1.82. The van der Waals surface area contributed by atoms with Gasteiger partial charge < -0.3 is 20.1 Å². The molecule has 1 amide bonds. The molecule has 1 aliphatic carbocycles. The molecule has 0 saturated carbocycles. The van der Waals surface area contributed by atoms with Crippen LogP contribution in [-0.4, -0.2) is 18.5 Å². The Balaban J connectivity index is 1.59. The number of carbonyl (C=O) groups is 2. The van der Waals surface area contributed by atoms with Crippen LogP contribution in [0.1, 0.15) is 37.7 Å². The van der Waals surface area contributed by atoms with E-state index >= 15 is 0 Å². The molecule has 2 aromatic rings. The summed E-state index contributed by atoms with van der Waals surface area (Å²) < 4.78 is 38.4. The average molecular weight is 438 g/mol. The summed E-state index contributed by atoms with van der Waals surface area (Å²) in [5, 5.41) is 5.74. The van der Waals surface area contributed by atoms with Gasteiger partial charge in [-0.25, -0.2) is 8.78 Å². The fourth-order valence-corrected chi connectivity index (χ4v) is 4.49. The highest BCUT2D eigenvalue weighted by Crippen LogP contribution is 2.45. The fourth-order valence-electron chi connectivity index (χ4n) is 4.49. The molecule has 6 nitrogen and oxygen atoms in total. The summed E-state index contributed by atoms with van der Waals surface area (Å²) in [5.41, 5.74) is 2.75. The topological polar surface area (TPSA) is 76.7 Å². The van der Waals surface area contributed by atoms with Crippen molar-refractivity contribution >= 4 is 17.4 Å². The monoisotopic (exact) mass is 438 g/mol. The number of ether oxygens (including phenoxy) is 2. The van der Waals surface area contributed by atoms with Gasteiger partial charge in [0.15, 0.2) is 17.3 Å². The molecule has 8 heteroatoms. The Labute approximate surface area is 182 Å². The predicted molar refractivity (Wildman–Crippen MR) is 112 cm³/mol. The van der Waals surface area contributed by atoms with E-state index in [1.54, 1.807) is 25.1 Å². The second-order valence-corrected chi connectivity index (χ2v) is 7.96.